The first-order valence-corrected chi connectivity index (χ1v) is 12.4. The lowest BCUT2D eigenvalue weighted by Crippen LogP contribution is -2.32. The Morgan fingerprint density at radius 3 is 2.42 bits per heavy atom. The number of nitrogens with two attached hydrogens (primary N) is 1. The average Bonchev–Trinajstić information content (AvgIpc) is 3.16. The minimum atomic E-state index is -0.836. The van der Waals surface area contributed by atoms with E-state index in [0.29, 0.717) is 28.4 Å². The van der Waals surface area contributed by atoms with Gasteiger partial charge in [-0.25, -0.2) is 0 Å². The molecule has 1 aliphatic heterocycles. The van der Waals surface area contributed by atoms with Crippen molar-refractivity contribution in [1.29, 1.82) is 0 Å². The second kappa shape index (κ2) is 10.6. The fraction of sp³-hybridized carbons (Fsp3) is 0.241. The van der Waals surface area contributed by atoms with Crippen molar-refractivity contribution in [3.05, 3.63) is 94.0 Å². The Balaban J connectivity index is 1.74. The Hall–Kier alpha value is -3.61. The van der Waals surface area contributed by atoms with Gasteiger partial charge in [0.25, 0.3) is 5.91 Å². The van der Waals surface area contributed by atoms with Crippen LogP contribution in [0, 0.1) is 0 Å². The Morgan fingerprint density at radius 2 is 1.78 bits per heavy atom. The van der Waals surface area contributed by atoms with Crippen molar-refractivity contribution in [2.45, 2.75) is 45.1 Å². The molecule has 1 heterocycles. The van der Waals surface area contributed by atoms with Gasteiger partial charge in [-0.1, -0.05) is 67.4 Å². The van der Waals surface area contributed by atoms with Gasteiger partial charge in [0.15, 0.2) is 0 Å². The van der Waals surface area contributed by atoms with Crippen LogP contribution in [0.3, 0.4) is 0 Å². The van der Waals surface area contributed by atoms with E-state index in [9.17, 15) is 9.59 Å². The number of carbonyl (C=O) groups is 2. The van der Waals surface area contributed by atoms with Crippen LogP contribution in [-0.2, 0) is 21.5 Å². The van der Waals surface area contributed by atoms with Crippen LogP contribution in [0.4, 0.5) is 11.4 Å². The number of benzene rings is 3. The summed E-state index contributed by atoms with van der Waals surface area (Å²) in [5.41, 5.74) is 12.3. The van der Waals surface area contributed by atoms with Crippen molar-refractivity contribution in [1.82, 2.24) is 0 Å². The van der Waals surface area contributed by atoms with Gasteiger partial charge in [0, 0.05) is 28.2 Å². The van der Waals surface area contributed by atoms with Crippen molar-refractivity contribution in [3.63, 3.8) is 0 Å². The third-order valence-corrected chi connectivity index (χ3v) is 6.66. The van der Waals surface area contributed by atoms with Crippen LogP contribution in [-0.4, -0.2) is 17.0 Å². The molecule has 4 rings (SSSR count). The molecular formula is C29H30ClN3O3. The molecule has 0 aliphatic carbocycles. The first kappa shape index (κ1) is 25.5. The molecule has 3 aromatic rings. The topological polar surface area (TPSA) is 104 Å². The number of fused-ring (bicyclic) bond motifs is 1. The molecule has 1 atom stereocenters. The third kappa shape index (κ3) is 5.61. The highest BCUT2D eigenvalue weighted by Crippen LogP contribution is 2.39. The number of anilines is 2. The standard InChI is InChI=1S/C29H30ClN3O3/c1-3-16-29(2,31)20-9-12-22(13-10-20)32-27(19-7-4-18(5-8-19)6-15-25(34)35)26-23-14-11-21(30)17-24(23)33-28(26)36/h4-5,7-14,17,32H,3,6,15-16,31H2,1-2H3,(H,33,36)(H,34,35)/b27-26-. The van der Waals surface area contributed by atoms with Crippen LogP contribution >= 0.6 is 11.6 Å². The van der Waals surface area contributed by atoms with E-state index in [2.05, 4.69) is 17.6 Å². The van der Waals surface area contributed by atoms with Gasteiger partial charge in [-0.05, 0) is 60.7 Å². The summed E-state index contributed by atoms with van der Waals surface area (Å²) in [6.07, 6.45) is 2.37. The van der Waals surface area contributed by atoms with Crippen molar-refractivity contribution < 1.29 is 14.7 Å². The quantitative estimate of drug-likeness (QED) is 0.258. The summed E-state index contributed by atoms with van der Waals surface area (Å²) in [5.74, 6) is -1.06. The van der Waals surface area contributed by atoms with Gasteiger partial charge in [0.1, 0.15) is 0 Å². The molecule has 0 aromatic heterocycles. The highest BCUT2D eigenvalue weighted by molar-refractivity contribution is 6.38. The molecule has 1 amide bonds. The number of hydrogen-bond acceptors (Lipinski definition) is 4. The molecule has 6 nitrogen and oxygen atoms in total. The Bertz CT molecular complexity index is 1310. The molecular weight excluding hydrogens is 474 g/mol. The second-order valence-corrected chi connectivity index (χ2v) is 9.79. The Morgan fingerprint density at radius 1 is 1.08 bits per heavy atom. The smallest absolute Gasteiger partial charge is 0.303 e. The first-order chi connectivity index (χ1) is 17.2. The maximum absolute atomic E-state index is 13.1. The average molecular weight is 504 g/mol. The largest absolute Gasteiger partial charge is 0.481 e. The van der Waals surface area contributed by atoms with E-state index in [0.717, 1.165) is 40.8 Å². The Labute approximate surface area is 216 Å². The molecule has 36 heavy (non-hydrogen) atoms. The third-order valence-electron chi connectivity index (χ3n) is 6.43. The molecule has 0 saturated heterocycles. The summed E-state index contributed by atoms with van der Waals surface area (Å²) < 4.78 is 0. The normalized spacial score (nSPS) is 15.6. The van der Waals surface area contributed by atoms with E-state index >= 15 is 0 Å². The molecule has 3 aromatic carbocycles. The first-order valence-electron chi connectivity index (χ1n) is 12.0. The lowest BCUT2D eigenvalue weighted by molar-refractivity contribution is -0.137. The molecule has 0 spiro atoms. The van der Waals surface area contributed by atoms with E-state index < -0.39 is 11.5 Å². The maximum atomic E-state index is 13.1. The van der Waals surface area contributed by atoms with E-state index in [1.807, 2.05) is 61.5 Å². The van der Waals surface area contributed by atoms with Crippen LogP contribution in [0.5, 0.6) is 0 Å². The van der Waals surface area contributed by atoms with Gasteiger partial charge in [-0.3, -0.25) is 9.59 Å². The number of aryl methyl sites for hydroxylation is 1. The summed E-state index contributed by atoms with van der Waals surface area (Å²) in [6.45, 7) is 4.15. The fourth-order valence-electron chi connectivity index (χ4n) is 4.50. The van der Waals surface area contributed by atoms with Crippen molar-refractivity contribution >= 4 is 46.1 Å². The summed E-state index contributed by atoms with van der Waals surface area (Å²) in [4.78, 5) is 24.1. The number of halogens is 1. The van der Waals surface area contributed by atoms with Crippen LogP contribution in [0.1, 0.15) is 55.4 Å². The van der Waals surface area contributed by atoms with Crippen molar-refractivity contribution in [2.75, 3.05) is 10.6 Å². The van der Waals surface area contributed by atoms with E-state index in [4.69, 9.17) is 22.4 Å². The molecule has 1 unspecified atom stereocenters. The zero-order chi connectivity index (χ0) is 25.9. The monoisotopic (exact) mass is 503 g/mol. The number of nitrogens with one attached hydrogen (secondary N) is 2. The predicted molar refractivity (Wildman–Crippen MR) is 146 cm³/mol. The molecule has 186 valence electrons. The fourth-order valence-corrected chi connectivity index (χ4v) is 4.68. The molecule has 0 fully saturated rings. The highest BCUT2D eigenvalue weighted by atomic mass is 35.5. The van der Waals surface area contributed by atoms with Gasteiger partial charge in [0.05, 0.1) is 17.0 Å². The number of carbonyl (C=O) groups excluding carboxylic acids is 1. The number of rotatable bonds is 9. The number of hydrogen-bond donors (Lipinski definition) is 4. The van der Waals surface area contributed by atoms with E-state index in [1.54, 1.807) is 12.1 Å². The van der Waals surface area contributed by atoms with Gasteiger partial charge < -0.3 is 21.5 Å². The summed E-state index contributed by atoms with van der Waals surface area (Å²) in [5, 5.41) is 15.9. The number of carboxylic acids is 1. The lowest BCUT2D eigenvalue weighted by Gasteiger charge is -2.25. The molecule has 0 bridgehead atoms. The molecule has 0 radical (unpaired) electrons. The van der Waals surface area contributed by atoms with Gasteiger partial charge in [0.2, 0.25) is 0 Å². The van der Waals surface area contributed by atoms with Gasteiger partial charge in [-0.2, -0.15) is 0 Å². The van der Waals surface area contributed by atoms with Gasteiger partial charge in [-0.15, -0.1) is 0 Å². The molecule has 7 heteroatoms. The van der Waals surface area contributed by atoms with Crippen LogP contribution < -0.4 is 16.4 Å². The summed E-state index contributed by atoms with van der Waals surface area (Å²) in [7, 11) is 0. The van der Waals surface area contributed by atoms with E-state index in [1.165, 1.54) is 0 Å². The predicted octanol–water partition coefficient (Wildman–Crippen LogP) is 6.26. The van der Waals surface area contributed by atoms with Crippen LogP contribution in [0.15, 0.2) is 66.7 Å². The maximum Gasteiger partial charge on any atom is 0.303 e. The van der Waals surface area contributed by atoms with Crippen molar-refractivity contribution in [3.8, 4) is 0 Å². The highest BCUT2D eigenvalue weighted by Gasteiger charge is 2.29. The van der Waals surface area contributed by atoms with Gasteiger partial charge >= 0.3 is 5.97 Å². The SMILES string of the molecule is CCCC(C)(N)c1ccc(N/C(=C2\C(=O)Nc3cc(Cl)ccc32)c2ccc(CCC(=O)O)cc2)cc1. The zero-order valence-electron chi connectivity index (χ0n) is 20.4. The number of carboxylic acid groups (broad SMARTS) is 1. The van der Waals surface area contributed by atoms with E-state index in [-0.39, 0.29) is 12.3 Å². The van der Waals surface area contributed by atoms with Crippen molar-refractivity contribution in [2.24, 2.45) is 5.73 Å². The summed E-state index contributed by atoms with van der Waals surface area (Å²) in [6, 6.07) is 20.9. The molecule has 5 N–H and O–H groups in total. The van der Waals surface area contributed by atoms with Crippen LogP contribution in [0.25, 0.3) is 11.3 Å². The minimum absolute atomic E-state index is 0.0620. The lowest BCUT2D eigenvalue weighted by atomic mass is 9.88. The number of aliphatic carboxylic acids is 1. The molecule has 1 aliphatic rings. The summed E-state index contributed by atoms with van der Waals surface area (Å²) >= 11 is 6.15. The number of amides is 1. The zero-order valence-corrected chi connectivity index (χ0v) is 21.2. The minimum Gasteiger partial charge on any atom is -0.481 e. The Kier molecular flexibility index (Phi) is 7.48. The second-order valence-electron chi connectivity index (χ2n) is 9.35. The molecule has 0 saturated carbocycles. The van der Waals surface area contributed by atoms with Crippen LogP contribution in [0.2, 0.25) is 5.02 Å².